The van der Waals surface area contributed by atoms with Crippen LogP contribution in [-0.4, -0.2) is 27.7 Å². The van der Waals surface area contributed by atoms with Gasteiger partial charge in [0.15, 0.2) is 0 Å². The van der Waals surface area contributed by atoms with Gasteiger partial charge in [0, 0.05) is 13.2 Å². The first-order valence-corrected chi connectivity index (χ1v) is 6.93. The first-order chi connectivity index (χ1) is 8.08. The molecule has 1 aromatic rings. The van der Waals surface area contributed by atoms with E-state index < -0.39 is 15.8 Å². The molecule has 17 heavy (non-hydrogen) atoms. The van der Waals surface area contributed by atoms with Crippen LogP contribution in [0.3, 0.4) is 0 Å². The minimum atomic E-state index is -3.56. The van der Waals surface area contributed by atoms with Crippen molar-refractivity contribution in [2.24, 2.45) is 0 Å². The molecule has 1 fully saturated rings. The number of rotatable bonds is 4. The van der Waals surface area contributed by atoms with E-state index in [1.54, 1.807) is 0 Å². The normalized spacial score (nSPS) is 20.6. The zero-order valence-corrected chi connectivity index (χ0v) is 10.0. The van der Waals surface area contributed by atoms with Gasteiger partial charge in [-0.15, -0.1) is 0 Å². The van der Waals surface area contributed by atoms with Gasteiger partial charge in [0.25, 0.3) is 0 Å². The Morgan fingerprint density at radius 2 is 2.06 bits per heavy atom. The minimum absolute atomic E-state index is 0.0507. The molecule has 2 rings (SSSR count). The molecule has 1 aliphatic heterocycles. The number of ether oxygens (including phenoxy) is 1. The lowest BCUT2D eigenvalue weighted by molar-refractivity contribution is 0.114. The van der Waals surface area contributed by atoms with E-state index in [2.05, 4.69) is 4.72 Å². The third-order valence-electron chi connectivity index (χ3n) is 2.65. The Morgan fingerprint density at radius 3 is 2.65 bits per heavy atom. The van der Waals surface area contributed by atoms with Crippen molar-refractivity contribution in [3.05, 3.63) is 30.1 Å². The fraction of sp³-hybridized carbons (Fsp3) is 0.455. The van der Waals surface area contributed by atoms with E-state index in [9.17, 15) is 12.8 Å². The average molecular weight is 259 g/mol. The molecule has 0 amide bonds. The van der Waals surface area contributed by atoms with Crippen LogP contribution in [0.1, 0.15) is 12.8 Å². The van der Waals surface area contributed by atoms with Gasteiger partial charge in [-0.1, -0.05) is 0 Å². The van der Waals surface area contributed by atoms with E-state index in [0.29, 0.717) is 6.61 Å². The summed E-state index contributed by atoms with van der Waals surface area (Å²) in [5.41, 5.74) is 0. The molecule has 4 nitrogen and oxygen atoms in total. The predicted octanol–water partition coefficient (Wildman–Crippen LogP) is 1.28. The van der Waals surface area contributed by atoms with Crippen LogP contribution in [0.2, 0.25) is 0 Å². The van der Waals surface area contributed by atoms with Crippen LogP contribution in [0.25, 0.3) is 0 Å². The SMILES string of the molecule is O=S(=O)(NCC1CCCO1)c1ccc(F)cc1. The van der Waals surface area contributed by atoms with E-state index in [-0.39, 0.29) is 17.5 Å². The molecule has 0 spiro atoms. The first-order valence-electron chi connectivity index (χ1n) is 5.45. The Bertz CT molecular complexity index is 466. The number of halogens is 1. The van der Waals surface area contributed by atoms with E-state index in [4.69, 9.17) is 4.74 Å². The Morgan fingerprint density at radius 1 is 1.35 bits per heavy atom. The molecule has 0 bridgehead atoms. The van der Waals surface area contributed by atoms with Crippen LogP contribution in [0.15, 0.2) is 29.2 Å². The standard InChI is InChI=1S/C11H14FNO3S/c12-9-3-5-11(6-4-9)17(14,15)13-8-10-2-1-7-16-10/h3-6,10,13H,1-2,7-8H2. The number of hydrogen-bond acceptors (Lipinski definition) is 3. The number of sulfonamides is 1. The van der Waals surface area contributed by atoms with Crippen molar-refractivity contribution >= 4 is 10.0 Å². The quantitative estimate of drug-likeness (QED) is 0.886. The van der Waals surface area contributed by atoms with Crippen molar-refractivity contribution in [2.45, 2.75) is 23.8 Å². The molecular weight excluding hydrogens is 245 g/mol. The summed E-state index contributed by atoms with van der Waals surface area (Å²) in [6, 6.07) is 4.74. The fourth-order valence-corrected chi connectivity index (χ4v) is 2.77. The second kappa shape index (κ2) is 5.12. The van der Waals surface area contributed by atoms with Crippen LogP contribution >= 0.6 is 0 Å². The number of benzene rings is 1. The van der Waals surface area contributed by atoms with Gasteiger partial charge in [-0.05, 0) is 37.1 Å². The van der Waals surface area contributed by atoms with Crippen molar-refractivity contribution in [1.29, 1.82) is 0 Å². The Kier molecular flexibility index (Phi) is 3.76. The lowest BCUT2D eigenvalue weighted by Crippen LogP contribution is -2.31. The van der Waals surface area contributed by atoms with Gasteiger partial charge < -0.3 is 4.74 Å². The average Bonchev–Trinajstić information content (AvgIpc) is 2.80. The van der Waals surface area contributed by atoms with E-state index in [1.807, 2.05) is 0 Å². The largest absolute Gasteiger partial charge is 0.377 e. The highest BCUT2D eigenvalue weighted by molar-refractivity contribution is 7.89. The Hall–Kier alpha value is -0.980. The summed E-state index contributed by atoms with van der Waals surface area (Å²) in [4.78, 5) is 0.0666. The summed E-state index contributed by atoms with van der Waals surface area (Å²) in [6.45, 7) is 0.947. The van der Waals surface area contributed by atoms with E-state index in [1.165, 1.54) is 12.1 Å². The topological polar surface area (TPSA) is 55.4 Å². The van der Waals surface area contributed by atoms with Crippen LogP contribution in [0.5, 0.6) is 0 Å². The molecular formula is C11H14FNO3S. The molecule has 1 heterocycles. The second-order valence-corrected chi connectivity index (χ2v) is 5.71. The summed E-state index contributed by atoms with van der Waals surface area (Å²) in [6.07, 6.45) is 1.78. The summed E-state index contributed by atoms with van der Waals surface area (Å²) in [7, 11) is -3.56. The van der Waals surface area contributed by atoms with Crippen molar-refractivity contribution in [3.8, 4) is 0 Å². The van der Waals surface area contributed by atoms with Gasteiger partial charge in [-0.2, -0.15) is 0 Å². The summed E-state index contributed by atoms with van der Waals surface area (Å²) in [5, 5.41) is 0. The van der Waals surface area contributed by atoms with E-state index in [0.717, 1.165) is 25.0 Å². The highest BCUT2D eigenvalue weighted by atomic mass is 32.2. The molecule has 0 aromatic heterocycles. The molecule has 1 N–H and O–H groups in total. The molecule has 1 aliphatic rings. The zero-order chi connectivity index (χ0) is 12.3. The smallest absolute Gasteiger partial charge is 0.240 e. The van der Waals surface area contributed by atoms with E-state index >= 15 is 0 Å². The third-order valence-corrected chi connectivity index (χ3v) is 4.09. The van der Waals surface area contributed by atoms with Crippen molar-refractivity contribution in [3.63, 3.8) is 0 Å². The highest BCUT2D eigenvalue weighted by Crippen LogP contribution is 2.13. The molecule has 1 unspecified atom stereocenters. The molecule has 1 saturated heterocycles. The fourth-order valence-electron chi connectivity index (χ4n) is 1.71. The molecule has 1 aromatic carbocycles. The van der Waals surface area contributed by atoms with Gasteiger partial charge >= 0.3 is 0 Å². The van der Waals surface area contributed by atoms with Crippen LogP contribution < -0.4 is 4.72 Å². The van der Waals surface area contributed by atoms with Crippen molar-refractivity contribution in [2.75, 3.05) is 13.2 Å². The van der Waals surface area contributed by atoms with Gasteiger partial charge in [0.05, 0.1) is 11.0 Å². The Balaban J connectivity index is 2.00. The summed E-state index contributed by atoms with van der Waals surface area (Å²) in [5.74, 6) is -0.455. The molecule has 94 valence electrons. The van der Waals surface area contributed by atoms with Crippen LogP contribution in [-0.2, 0) is 14.8 Å². The first kappa shape index (κ1) is 12.5. The van der Waals surface area contributed by atoms with Gasteiger partial charge in [0.2, 0.25) is 10.0 Å². The molecule has 0 aliphatic carbocycles. The van der Waals surface area contributed by atoms with Gasteiger partial charge in [-0.25, -0.2) is 17.5 Å². The second-order valence-electron chi connectivity index (χ2n) is 3.94. The molecule has 6 heteroatoms. The molecule has 1 atom stereocenters. The monoisotopic (exact) mass is 259 g/mol. The third kappa shape index (κ3) is 3.24. The minimum Gasteiger partial charge on any atom is -0.377 e. The van der Waals surface area contributed by atoms with Crippen LogP contribution in [0.4, 0.5) is 4.39 Å². The van der Waals surface area contributed by atoms with Crippen molar-refractivity contribution in [1.82, 2.24) is 4.72 Å². The molecule has 0 radical (unpaired) electrons. The predicted molar refractivity (Wildman–Crippen MR) is 60.6 cm³/mol. The maximum atomic E-state index is 12.7. The Labute approximate surface area is 99.8 Å². The lowest BCUT2D eigenvalue weighted by atomic mass is 10.2. The van der Waals surface area contributed by atoms with Crippen LogP contribution in [0, 0.1) is 5.82 Å². The number of nitrogens with one attached hydrogen (secondary N) is 1. The lowest BCUT2D eigenvalue weighted by Gasteiger charge is -2.11. The maximum Gasteiger partial charge on any atom is 0.240 e. The van der Waals surface area contributed by atoms with Crippen molar-refractivity contribution < 1.29 is 17.5 Å². The summed E-state index contributed by atoms with van der Waals surface area (Å²) >= 11 is 0. The molecule has 0 saturated carbocycles. The van der Waals surface area contributed by atoms with Gasteiger partial charge in [-0.3, -0.25) is 0 Å². The highest BCUT2D eigenvalue weighted by Gasteiger charge is 2.20. The zero-order valence-electron chi connectivity index (χ0n) is 9.23. The maximum absolute atomic E-state index is 12.7. The van der Waals surface area contributed by atoms with Gasteiger partial charge in [0.1, 0.15) is 5.82 Å². The number of hydrogen-bond donors (Lipinski definition) is 1. The summed E-state index contributed by atoms with van der Waals surface area (Å²) < 4.78 is 44.1.